The zero-order valence-corrected chi connectivity index (χ0v) is 13.3. The number of rotatable bonds is 7. The maximum atomic E-state index is 12.8. The number of carbonyl (C=O) groups excluding carboxylic acids is 1. The molecule has 7 heteroatoms. The number of benzene rings is 1. The van der Waals surface area contributed by atoms with Crippen molar-refractivity contribution in [3.8, 4) is 0 Å². The average Bonchev–Trinajstić information content (AvgIpc) is 2.36. The van der Waals surface area contributed by atoms with Gasteiger partial charge in [-0.25, -0.2) is 0 Å². The molecule has 0 fully saturated rings. The summed E-state index contributed by atoms with van der Waals surface area (Å²) >= 11 is 5.92. The Hall–Kier alpha value is -0.870. The van der Waals surface area contributed by atoms with Crippen molar-refractivity contribution in [3.05, 3.63) is 34.9 Å². The molecule has 20 heavy (non-hydrogen) atoms. The summed E-state index contributed by atoms with van der Waals surface area (Å²) in [5.41, 5.74) is 0.470. The van der Waals surface area contributed by atoms with Gasteiger partial charge in [0.05, 0.1) is 13.2 Å². The molecule has 0 heterocycles. The molecule has 0 aliphatic rings. The molecular weight excluding hydrogens is 303 g/mol. The second kappa shape index (κ2) is 7.79. The van der Waals surface area contributed by atoms with Gasteiger partial charge < -0.3 is 13.8 Å². The predicted molar refractivity (Wildman–Crippen MR) is 76.8 cm³/mol. The molecule has 5 nitrogen and oxygen atoms in total. The van der Waals surface area contributed by atoms with Crippen LogP contribution in [0.1, 0.15) is 32.2 Å². The Labute approximate surface area is 123 Å². The van der Waals surface area contributed by atoms with Crippen LogP contribution in [0.2, 0.25) is 5.02 Å². The zero-order valence-electron chi connectivity index (χ0n) is 11.7. The van der Waals surface area contributed by atoms with Gasteiger partial charge in [-0.1, -0.05) is 23.7 Å². The Morgan fingerprint density at radius 3 is 2.35 bits per heavy atom. The molecule has 0 amide bonds. The van der Waals surface area contributed by atoms with Crippen molar-refractivity contribution in [3.63, 3.8) is 0 Å². The van der Waals surface area contributed by atoms with Crippen LogP contribution >= 0.6 is 19.2 Å². The van der Waals surface area contributed by atoms with Gasteiger partial charge >= 0.3 is 13.6 Å². The van der Waals surface area contributed by atoms with E-state index < -0.39 is 19.4 Å². The first kappa shape index (κ1) is 17.2. The number of halogens is 1. The van der Waals surface area contributed by atoms with Gasteiger partial charge in [-0.15, -0.1) is 0 Å². The molecule has 0 aliphatic heterocycles. The fourth-order valence-electron chi connectivity index (χ4n) is 1.67. The fourth-order valence-corrected chi connectivity index (χ4v) is 3.73. The van der Waals surface area contributed by atoms with Gasteiger partial charge in [-0.3, -0.25) is 9.36 Å². The fraction of sp³-hybridized carbons (Fsp3) is 0.462. The quantitative estimate of drug-likeness (QED) is 0.557. The van der Waals surface area contributed by atoms with Crippen LogP contribution in [0.4, 0.5) is 0 Å². The van der Waals surface area contributed by atoms with Gasteiger partial charge in [0.1, 0.15) is 0 Å². The van der Waals surface area contributed by atoms with Crippen molar-refractivity contribution in [2.24, 2.45) is 0 Å². The molecule has 1 aromatic carbocycles. The van der Waals surface area contributed by atoms with Crippen LogP contribution in [0.5, 0.6) is 0 Å². The first-order valence-electron chi connectivity index (χ1n) is 6.24. The lowest BCUT2D eigenvalue weighted by molar-refractivity contribution is -0.144. The van der Waals surface area contributed by atoms with E-state index in [9.17, 15) is 9.36 Å². The van der Waals surface area contributed by atoms with Gasteiger partial charge in [-0.05, 0) is 26.0 Å². The lowest BCUT2D eigenvalue weighted by Crippen LogP contribution is -2.13. The molecule has 0 aromatic heterocycles. The molecular formula is C13H18ClO5P. The van der Waals surface area contributed by atoms with Gasteiger partial charge in [-0.2, -0.15) is 0 Å². The van der Waals surface area contributed by atoms with Crippen molar-refractivity contribution in [1.82, 2.24) is 0 Å². The van der Waals surface area contributed by atoms with Crippen molar-refractivity contribution in [2.75, 3.05) is 13.2 Å². The average molecular weight is 321 g/mol. The minimum Gasteiger partial charge on any atom is -0.445 e. The van der Waals surface area contributed by atoms with Gasteiger partial charge in [0.2, 0.25) is 5.85 Å². The molecule has 0 saturated heterocycles. The standard InChI is InChI=1S/C13H18ClO5P/c1-4-17-20(16,18-5-2)13(19-10(3)15)11-7-6-8-12(14)9-11/h6-9,13H,4-5H2,1-3H3. The topological polar surface area (TPSA) is 61.8 Å². The van der Waals surface area contributed by atoms with Crippen LogP contribution < -0.4 is 0 Å². The molecule has 112 valence electrons. The second-order valence-corrected chi connectivity index (χ2v) is 6.39. The highest BCUT2D eigenvalue weighted by atomic mass is 35.5. The number of hydrogen-bond donors (Lipinski definition) is 0. The van der Waals surface area contributed by atoms with Crippen molar-refractivity contribution < 1.29 is 23.1 Å². The number of hydrogen-bond acceptors (Lipinski definition) is 5. The zero-order chi connectivity index (χ0) is 15.2. The smallest absolute Gasteiger partial charge is 0.375 e. The summed E-state index contributed by atoms with van der Waals surface area (Å²) in [5.74, 6) is -1.70. The van der Waals surface area contributed by atoms with E-state index in [1.807, 2.05) is 0 Å². The summed E-state index contributed by atoms with van der Waals surface area (Å²) in [6.07, 6.45) is 0. The van der Waals surface area contributed by atoms with E-state index in [4.69, 9.17) is 25.4 Å². The van der Waals surface area contributed by atoms with Gasteiger partial charge in [0.15, 0.2) is 0 Å². The van der Waals surface area contributed by atoms with Gasteiger partial charge in [0, 0.05) is 17.5 Å². The Morgan fingerprint density at radius 2 is 1.90 bits per heavy atom. The SMILES string of the molecule is CCOP(=O)(OCC)C(OC(C)=O)c1cccc(Cl)c1. The molecule has 0 radical (unpaired) electrons. The van der Waals surface area contributed by atoms with E-state index in [1.165, 1.54) is 6.92 Å². The third-order valence-electron chi connectivity index (χ3n) is 2.32. The van der Waals surface area contributed by atoms with Gasteiger partial charge in [0.25, 0.3) is 0 Å². The highest BCUT2D eigenvalue weighted by molar-refractivity contribution is 7.54. The van der Waals surface area contributed by atoms with E-state index in [0.29, 0.717) is 10.6 Å². The van der Waals surface area contributed by atoms with Crippen molar-refractivity contribution in [1.29, 1.82) is 0 Å². The monoisotopic (exact) mass is 320 g/mol. The van der Waals surface area contributed by atoms with Crippen LogP contribution in [0.25, 0.3) is 0 Å². The number of esters is 1. The van der Waals surface area contributed by atoms with Crippen LogP contribution in [0, 0.1) is 0 Å². The van der Waals surface area contributed by atoms with E-state index in [0.717, 1.165) is 0 Å². The van der Waals surface area contributed by atoms with E-state index in [1.54, 1.807) is 38.1 Å². The molecule has 1 unspecified atom stereocenters. The van der Waals surface area contributed by atoms with E-state index >= 15 is 0 Å². The number of ether oxygens (including phenoxy) is 1. The summed E-state index contributed by atoms with van der Waals surface area (Å²) in [6, 6.07) is 6.57. The maximum absolute atomic E-state index is 12.8. The maximum Gasteiger partial charge on any atom is 0.375 e. The number of carbonyl (C=O) groups is 1. The van der Waals surface area contributed by atoms with E-state index in [2.05, 4.69) is 0 Å². The lowest BCUT2D eigenvalue weighted by atomic mass is 10.2. The van der Waals surface area contributed by atoms with Crippen molar-refractivity contribution >= 4 is 25.2 Å². The first-order valence-corrected chi connectivity index (χ1v) is 8.23. The van der Waals surface area contributed by atoms with Crippen molar-refractivity contribution in [2.45, 2.75) is 26.6 Å². The Morgan fingerprint density at radius 1 is 1.30 bits per heavy atom. The lowest BCUT2D eigenvalue weighted by Gasteiger charge is -2.26. The highest BCUT2D eigenvalue weighted by Crippen LogP contribution is 2.61. The highest BCUT2D eigenvalue weighted by Gasteiger charge is 2.39. The molecule has 0 aliphatic carbocycles. The van der Waals surface area contributed by atoms with E-state index in [-0.39, 0.29) is 13.2 Å². The third-order valence-corrected chi connectivity index (χ3v) is 4.77. The summed E-state index contributed by atoms with van der Waals surface area (Å²) in [5, 5.41) is 0.444. The molecule has 1 rings (SSSR count). The molecule has 1 atom stereocenters. The van der Waals surface area contributed by atoms with Crippen LogP contribution in [0.3, 0.4) is 0 Å². The minimum absolute atomic E-state index is 0.176. The molecule has 0 bridgehead atoms. The molecule has 1 aromatic rings. The normalized spacial score (nSPS) is 13.0. The largest absolute Gasteiger partial charge is 0.445 e. The molecule has 0 saturated carbocycles. The predicted octanol–water partition coefficient (Wildman–Crippen LogP) is 4.17. The first-order chi connectivity index (χ1) is 9.42. The molecule has 0 N–H and O–H groups in total. The third kappa shape index (κ3) is 4.60. The summed E-state index contributed by atoms with van der Waals surface area (Å²) in [4.78, 5) is 11.3. The van der Waals surface area contributed by atoms with Crippen LogP contribution in [-0.4, -0.2) is 19.2 Å². The van der Waals surface area contributed by atoms with Crippen LogP contribution in [0.15, 0.2) is 24.3 Å². The Balaban J connectivity index is 3.22. The summed E-state index contributed by atoms with van der Waals surface area (Å²) in [7, 11) is -3.63. The molecule has 0 spiro atoms. The second-order valence-electron chi connectivity index (χ2n) is 3.89. The van der Waals surface area contributed by atoms with Crippen LogP contribution in [-0.2, 0) is 23.1 Å². The summed E-state index contributed by atoms with van der Waals surface area (Å²) in [6.45, 7) is 4.97. The Kier molecular flexibility index (Phi) is 6.69. The minimum atomic E-state index is -3.63. The Bertz CT molecular complexity index is 495. The summed E-state index contributed by atoms with van der Waals surface area (Å²) < 4.78 is 28.4.